The number of likely N-dealkylation sites (tertiary alicyclic amines) is 1. The molecular weight excluding hydrogens is 334 g/mol. The summed E-state index contributed by atoms with van der Waals surface area (Å²) in [5.41, 5.74) is 0.525. The monoisotopic (exact) mass is 353 g/mol. The zero-order chi connectivity index (χ0) is 18.1. The fourth-order valence-corrected chi connectivity index (χ4v) is 3.03. The van der Waals surface area contributed by atoms with Gasteiger partial charge in [-0.1, -0.05) is 19.0 Å². The Kier molecular flexibility index (Phi) is 4.19. The van der Waals surface area contributed by atoms with Crippen molar-refractivity contribution in [2.45, 2.75) is 38.6 Å². The average molecular weight is 353 g/mol. The van der Waals surface area contributed by atoms with Crippen molar-refractivity contribution in [2.24, 2.45) is 0 Å². The molecule has 1 saturated heterocycles. The van der Waals surface area contributed by atoms with E-state index in [2.05, 4.69) is 25.3 Å². The fraction of sp³-hybridized carbons (Fsp3) is 0.412. The zero-order valence-corrected chi connectivity index (χ0v) is 14.6. The maximum Gasteiger partial charge on any atom is 0.256 e. The van der Waals surface area contributed by atoms with Crippen LogP contribution in [0.1, 0.15) is 60.7 Å². The third-order valence-corrected chi connectivity index (χ3v) is 4.45. The van der Waals surface area contributed by atoms with Gasteiger partial charge in [-0.3, -0.25) is 9.36 Å². The number of nitrogens with zero attached hydrogens (tertiary/aromatic N) is 7. The average Bonchev–Trinajstić information content (AvgIpc) is 3.42. The minimum Gasteiger partial charge on any atom is -0.337 e. The number of carbonyl (C=O) groups is 1. The molecule has 0 bridgehead atoms. The molecule has 1 amide bonds. The third kappa shape index (κ3) is 2.96. The maximum atomic E-state index is 12.9. The highest BCUT2D eigenvalue weighted by Crippen LogP contribution is 2.32. The van der Waals surface area contributed by atoms with Crippen LogP contribution in [0.5, 0.6) is 0 Å². The molecule has 0 radical (unpaired) electrons. The molecule has 134 valence electrons. The molecule has 9 heteroatoms. The molecule has 3 aromatic rings. The summed E-state index contributed by atoms with van der Waals surface area (Å²) in [6.45, 7) is 4.68. The minimum atomic E-state index is -0.181. The third-order valence-electron chi connectivity index (χ3n) is 4.45. The molecule has 0 aliphatic carbocycles. The fourth-order valence-electron chi connectivity index (χ4n) is 3.03. The van der Waals surface area contributed by atoms with Gasteiger partial charge < -0.3 is 9.42 Å². The van der Waals surface area contributed by atoms with Crippen molar-refractivity contribution in [3.8, 4) is 5.82 Å². The van der Waals surface area contributed by atoms with E-state index in [0.717, 1.165) is 12.8 Å². The maximum absolute atomic E-state index is 12.9. The number of pyridine rings is 1. The summed E-state index contributed by atoms with van der Waals surface area (Å²) in [5.74, 6) is 1.93. The molecule has 1 aliphatic heterocycles. The van der Waals surface area contributed by atoms with E-state index in [0.29, 0.717) is 29.6 Å². The van der Waals surface area contributed by atoms with E-state index in [1.807, 2.05) is 13.8 Å². The van der Waals surface area contributed by atoms with Gasteiger partial charge in [0.15, 0.2) is 5.82 Å². The van der Waals surface area contributed by atoms with E-state index < -0.39 is 0 Å². The summed E-state index contributed by atoms with van der Waals surface area (Å²) >= 11 is 0. The first-order chi connectivity index (χ1) is 12.6. The van der Waals surface area contributed by atoms with E-state index in [1.54, 1.807) is 40.5 Å². The van der Waals surface area contributed by atoms with Gasteiger partial charge in [-0.05, 0) is 25.0 Å². The lowest BCUT2D eigenvalue weighted by Gasteiger charge is -2.21. The van der Waals surface area contributed by atoms with Crippen LogP contribution in [-0.2, 0) is 0 Å². The van der Waals surface area contributed by atoms with Crippen molar-refractivity contribution in [2.75, 3.05) is 6.54 Å². The number of hydrogen-bond acceptors (Lipinski definition) is 7. The first kappa shape index (κ1) is 16.4. The summed E-state index contributed by atoms with van der Waals surface area (Å²) < 4.78 is 7.09. The number of carbonyl (C=O) groups excluding carboxylic acids is 1. The van der Waals surface area contributed by atoms with Gasteiger partial charge >= 0.3 is 0 Å². The molecule has 4 rings (SSSR count). The first-order valence-corrected chi connectivity index (χ1v) is 8.59. The Bertz CT molecular complexity index is 886. The number of aromatic nitrogens is 6. The molecule has 0 spiro atoms. The van der Waals surface area contributed by atoms with Crippen LogP contribution in [0, 0.1) is 0 Å². The van der Waals surface area contributed by atoms with Crippen LogP contribution in [0.25, 0.3) is 5.82 Å². The van der Waals surface area contributed by atoms with Gasteiger partial charge in [0.25, 0.3) is 5.91 Å². The lowest BCUT2D eigenvalue weighted by molar-refractivity contribution is 0.0709. The summed E-state index contributed by atoms with van der Waals surface area (Å²) in [7, 11) is 0. The Morgan fingerprint density at radius 2 is 2.08 bits per heavy atom. The van der Waals surface area contributed by atoms with Gasteiger partial charge in [0, 0.05) is 18.7 Å². The molecule has 1 fully saturated rings. The van der Waals surface area contributed by atoms with Crippen LogP contribution in [0.4, 0.5) is 0 Å². The van der Waals surface area contributed by atoms with Crippen LogP contribution >= 0.6 is 0 Å². The quantitative estimate of drug-likeness (QED) is 0.708. The minimum absolute atomic E-state index is 0.0837. The summed E-state index contributed by atoms with van der Waals surface area (Å²) in [4.78, 5) is 23.5. The number of amides is 1. The zero-order valence-electron chi connectivity index (χ0n) is 14.6. The van der Waals surface area contributed by atoms with Crippen LogP contribution in [0.3, 0.4) is 0 Å². The lowest BCUT2D eigenvalue weighted by Crippen LogP contribution is -2.30. The van der Waals surface area contributed by atoms with Gasteiger partial charge in [-0.15, -0.1) is 10.2 Å². The molecule has 4 heterocycles. The second-order valence-electron chi connectivity index (χ2n) is 6.58. The molecule has 1 atom stereocenters. The van der Waals surface area contributed by atoms with Crippen molar-refractivity contribution in [3.05, 3.63) is 48.3 Å². The van der Waals surface area contributed by atoms with Gasteiger partial charge in [0.1, 0.15) is 24.5 Å². The van der Waals surface area contributed by atoms with Crippen LogP contribution in [-0.4, -0.2) is 47.2 Å². The Balaban J connectivity index is 1.54. The van der Waals surface area contributed by atoms with Crippen molar-refractivity contribution >= 4 is 5.91 Å². The highest BCUT2D eigenvalue weighted by atomic mass is 16.5. The Morgan fingerprint density at radius 1 is 1.27 bits per heavy atom. The van der Waals surface area contributed by atoms with Crippen LogP contribution < -0.4 is 0 Å². The molecule has 1 unspecified atom stereocenters. The van der Waals surface area contributed by atoms with E-state index in [4.69, 9.17) is 4.52 Å². The van der Waals surface area contributed by atoms with Crippen molar-refractivity contribution < 1.29 is 9.32 Å². The normalized spacial score (nSPS) is 17.2. The highest BCUT2D eigenvalue weighted by Gasteiger charge is 2.34. The van der Waals surface area contributed by atoms with Gasteiger partial charge in [-0.2, -0.15) is 4.98 Å². The van der Waals surface area contributed by atoms with E-state index in [1.165, 1.54) is 0 Å². The van der Waals surface area contributed by atoms with E-state index in [-0.39, 0.29) is 17.9 Å². The molecule has 0 N–H and O–H groups in total. The van der Waals surface area contributed by atoms with Crippen molar-refractivity contribution in [1.82, 2.24) is 34.8 Å². The Labute approximate surface area is 150 Å². The molecule has 0 saturated carbocycles. The molecule has 0 aromatic carbocycles. The lowest BCUT2D eigenvalue weighted by atomic mass is 10.2. The number of hydrogen-bond donors (Lipinski definition) is 0. The topological polar surface area (TPSA) is 103 Å². The summed E-state index contributed by atoms with van der Waals surface area (Å²) in [5, 5.41) is 11.5. The largest absolute Gasteiger partial charge is 0.337 e. The van der Waals surface area contributed by atoms with Crippen LogP contribution in [0.15, 0.2) is 35.5 Å². The SMILES string of the molecule is CC(C)c1noc(C2CCCN2C(=O)c2ccc(-n3cnnc3)nc2)n1. The van der Waals surface area contributed by atoms with Gasteiger partial charge in [-0.25, -0.2) is 4.98 Å². The number of rotatable bonds is 4. The molecule has 1 aliphatic rings. The predicted octanol–water partition coefficient (Wildman–Crippen LogP) is 2.15. The Morgan fingerprint density at radius 3 is 2.73 bits per heavy atom. The van der Waals surface area contributed by atoms with E-state index >= 15 is 0 Å². The molecule has 9 nitrogen and oxygen atoms in total. The van der Waals surface area contributed by atoms with Crippen LogP contribution in [0.2, 0.25) is 0 Å². The van der Waals surface area contributed by atoms with Gasteiger partial charge in [0.2, 0.25) is 5.89 Å². The molecule has 3 aromatic heterocycles. The molecular formula is C17H19N7O2. The van der Waals surface area contributed by atoms with Crippen molar-refractivity contribution in [1.29, 1.82) is 0 Å². The predicted molar refractivity (Wildman–Crippen MR) is 90.6 cm³/mol. The Hall–Kier alpha value is -3.10. The van der Waals surface area contributed by atoms with Crippen molar-refractivity contribution in [3.63, 3.8) is 0 Å². The smallest absolute Gasteiger partial charge is 0.256 e. The second kappa shape index (κ2) is 6.66. The second-order valence-corrected chi connectivity index (χ2v) is 6.58. The first-order valence-electron chi connectivity index (χ1n) is 8.59. The molecule has 26 heavy (non-hydrogen) atoms. The summed E-state index contributed by atoms with van der Waals surface area (Å²) in [6.07, 6.45) is 6.41. The van der Waals surface area contributed by atoms with E-state index in [9.17, 15) is 4.79 Å². The summed E-state index contributed by atoms with van der Waals surface area (Å²) in [6, 6.07) is 3.35. The van der Waals surface area contributed by atoms with Gasteiger partial charge in [0.05, 0.1) is 5.56 Å². The standard InChI is InChI=1S/C17H19N7O2/c1-11(2)15-21-16(26-22-15)13-4-3-7-24(13)17(25)12-5-6-14(18-8-12)23-9-19-20-10-23/h5-6,8-11,13H,3-4,7H2,1-2H3. The highest BCUT2D eigenvalue weighted by molar-refractivity contribution is 5.94.